The van der Waals surface area contributed by atoms with E-state index in [0.29, 0.717) is 72.5 Å². The maximum atomic E-state index is 11.4. The summed E-state index contributed by atoms with van der Waals surface area (Å²) >= 11 is 0. The molecular formula is C19H40O7Si. The van der Waals surface area contributed by atoms with Crippen LogP contribution in [0.15, 0.2) is 0 Å². The molecular weight excluding hydrogens is 368 g/mol. The van der Waals surface area contributed by atoms with E-state index in [1.54, 1.807) is 0 Å². The Bertz CT molecular complexity index is 335. The number of rotatable bonds is 20. The molecule has 0 rings (SSSR count). The molecule has 0 N–H and O–H groups in total. The highest BCUT2D eigenvalue weighted by atomic mass is 28.4. The second-order valence-electron chi connectivity index (χ2n) is 7.09. The zero-order valence-corrected chi connectivity index (χ0v) is 18.8. The number of carbonyl (C=O) groups excluding carboxylic acids is 1. The molecule has 8 heteroatoms. The van der Waals surface area contributed by atoms with Gasteiger partial charge >= 0.3 is 5.97 Å². The molecule has 0 aromatic carbocycles. The van der Waals surface area contributed by atoms with Crippen LogP contribution in [0.3, 0.4) is 0 Å². The maximum absolute atomic E-state index is 11.4. The van der Waals surface area contributed by atoms with Gasteiger partial charge in [0.2, 0.25) is 0 Å². The van der Waals surface area contributed by atoms with Gasteiger partial charge in [0.05, 0.1) is 59.5 Å². The Kier molecular flexibility index (Phi) is 18.5. The summed E-state index contributed by atoms with van der Waals surface area (Å²) in [6.07, 6.45) is 3.55. The lowest BCUT2D eigenvalue weighted by Crippen LogP contribution is -2.27. The number of hydrogen-bond acceptors (Lipinski definition) is 7. The highest BCUT2D eigenvalue weighted by Gasteiger charge is 2.12. The van der Waals surface area contributed by atoms with Gasteiger partial charge in [-0.15, -0.1) is 0 Å². The molecule has 0 atom stereocenters. The smallest absolute Gasteiger partial charge is 0.305 e. The Labute approximate surface area is 166 Å². The molecule has 0 fully saturated rings. The molecule has 0 aromatic heterocycles. The minimum absolute atomic E-state index is 0.145. The summed E-state index contributed by atoms with van der Waals surface area (Å²) in [4.78, 5) is 11.4. The van der Waals surface area contributed by atoms with Gasteiger partial charge in [-0.25, -0.2) is 0 Å². The first-order valence-electron chi connectivity index (χ1n) is 10.1. The molecule has 0 aromatic rings. The van der Waals surface area contributed by atoms with Gasteiger partial charge in [0.1, 0.15) is 6.61 Å². The van der Waals surface area contributed by atoms with Gasteiger partial charge in [-0.1, -0.05) is 19.8 Å². The lowest BCUT2D eigenvalue weighted by Gasteiger charge is -2.16. The van der Waals surface area contributed by atoms with Crippen LogP contribution in [0.25, 0.3) is 0 Å². The van der Waals surface area contributed by atoms with Crippen molar-refractivity contribution in [2.45, 2.75) is 52.2 Å². The highest BCUT2D eigenvalue weighted by molar-refractivity contribution is 6.69. The quantitative estimate of drug-likeness (QED) is 0.174. The zero-order chi connectivity index (χ0) is 20.2. The van der Waals surface area contributed by atoms with Crippen molar-refractivity contribution < 1.29 is 32.9 Å². The van der Waals surface area contributed by atoms with Crippen LogP contribution in [0.2, 0.25) is 19.6 Å². The normalized spacial score (nSPS) is 11.7. The molecule has 0 heterocycles. The number of ether oxygens (including phenoxy) is 5. The van der Waals surface area contributed by atoms with E-state index in [4.69, 9.17) is 28.1 Å². The fourth-order valence-corrected chi connectivity index (χ4v) is 2.67. The second kappa shape index (κ2) is 18.8. The van der Waals surface area contributed by atoms with Crippen LogP contribution in [0.4, 0.5) is 0 Å². The highest BCUT2D eigenvalue weighted by Crippen LogP contribution is 2.01. The summed E-state index contributed by atoms with van der Waals surface area (Å²) in [5.74, 6) is -0.145. The predicted octanol–water partition coefficient (Wildman–Crippen LogP) is 3.03. The van der Waals surface area contributed by atoms with E-state index in [-0.39, 0.29) is 5.97 Å². The Morgan fingerprint density at radius 3 is 1.56 bits per heavy atom. The number of carbonyl (C=O) groups is 1. The number of unbranched alkanes of at least 4 members (excludes halogenated alkanes) is 2. The molecule has 0 unspecified atom stereocenters. The third-order valence-corrected chi connectivity index (χ3v) is 4.42. The summed E-state index contributed by atoms with van der Waals surface area (Å²) in [6, 6.07) is 0. The first-order chi connectivity index (χ1) is 13.0. The fraction of sp³-hybridized carbons (Fsp3) is 0.947. The van der Waals surface area contributed by atoms with Gasteiger partial charge in [0.25, 0.3) is 0 Å². The van der Waals surface area contributed by atoms with Crippen molar-refractivity contribution in [1.29, 1.82) is 0 Å². The summed E-state index contributed by atoms with van der Waals surface area (Å²) in [5.41, 5.74) is 0. The molecule has 0 aliphatic carbocycles. The van der Waals surface area contributed by atoms with E-state index in [1.807, 2.05) is 0 Å². The molecule has 0 aliphatic rings. The minimum atomic E-state index is -1.43. The van der Waals surface area contributed by atoms with Crippen LogP contribution < -0.4 is 0 Å². The van der Waals surface area contributed by atoms with E-state index < -0.39 is 8.32 Å². The minimum Gasteiger partial charge on any atom is -0.463 e. The third-order valence-electron chi connectivity index (χ3n) is 3.35. The van der Waals surface area contributed by atoms with E-state index in [2.05, 4.69) is 26.6 Å². The third kappa shape index (κ3) is 23.4. The Morgan fingerprint density at radius 2 is 1.11 bits per heavy atom. The van der Waals surface area contributed by atoms with E-state index in [0.717, 1.165) is 19.3 Å². The monoisotopic (exact) mass is 408 g/mol. The van der Waals surface area contributed by atoms with Crippen LogP contribution >= 0.6 is 0 Å². The SMILES string of the molecule is CCCCCC(=O)OCCOCCOCCOCCOCCO[Si](C)(C)C. The van der Waals surface area contributed by atoms with Crippen molar-refractivity contribution in [3.8, 4) is 0 Å². The second-order valence-corrected chi connectivity index (χ2v) is 11.6. The number of hydrogen-bond donors (Lipinski definition) is 0. The Balaban J connectivity index is 3.12. The first-order valence-corrected chi connectivity index (χ1v) is 13.5. The van der Waals surface area contributed by atoms with Crippen molar-refractivity contribution in [2.24, 2.45) is 0 Å². The molecule has 0 spiro atoms. The standard InChI is InChI=1S/C19H40O7Si/c1-5-6-7-8-19(20)25-17-15-23-13-11-21-9-10-22-12-14-24-16-18-26-27(2,3)4/h5-18H2,1-4H3. The molecule has 0 saturated carbocycles. The molecule has 0 aliphatic heterocycles. The van der Waals surface area contributed by atoms with Gasteiger partial charge in [0.15, 0.2) is 8.32 Å². The molecule has 0 amide bonds. The fourth-order valence-electron chi connectivity index (χ4n) is 1.97. The van der Waals surface area contributed by atoms with Crippen molar-refractivity contribution in [2.75, 3.05) is 66.1 Å². The summed E-state index contributed by atoms with van der Waals surface area (Å²) in [6.45, 7) is 13.7. The van der Waals surface area contributed by atoms with Gasteiger partial charge in [-0.3, -0.25) is 4.79 Å². The first kappa shape index (κ1) is 26.5. The van der Waals surface area contributed by atoms with Crippen molar-refractivity contribution >= 4 is 14.3 Å². The Hall–Kier alpha value is -0.513. The summed E-state index contributed by atoms with van der Waals surface area (Å²) in [5, 5.41) is 0. The van der Waals surface area contributed by atoms with Gasteiger partial charge in [-0.2, -0.15) is 0 Å². The molecule has 0 radical (unpaired) electrons. The van der Waals surface area contributed by atoms with Crippen LogP contribution in [0, 0.1) is 0 Å². The lowest BCUT2D eigenvalue weighted by atomic mass is 10.2. The largest absolute Gasteiger partial charge is 0.463 e. The van der Waals surface area contributed by atoms with Crippen LogP contribution in [-0.2, 0) is 32.9 Å². The molecule has 162 valence electrons. The molecule has 0 bridgehead atoms. The van der Waals surface area contributed by atoms with E-state index in [1.165, 1.54) is 0 Å². The van der Waals surface area contributed by atoms with E-state index in [9.17, 15) is 4.79 Å². The summed E-state index contributed by atoms with van der Waals surface area (Å²) in [7, 11) is -1.43. The zero-order valence-electron chi connectivity index (χ0n) is 17.8. The van der Waals surface area contributed by atoms with E-state index >= 15 is 0 Å². The lowest BCUT2D eigenvalue weighted by molar-refractivity contribution is -0.145. The summed E-state index contributed by atoms with van der Waals surface area (Å²) < 4.78 is 32.3. The van der Waals surface area contributed by atoms with Crippen molar-refractivity contribution in [3.05, 3.63) is 0 Å². The van der Waals surface area contributed by atoms with Gasteiger partial charge in [-0.05, 0) is 26.1 Å². The maximum Gasteiger partial charge on any atom is 0.305 e. The average molecular weight is 409 g/mol. The van der Waals surface area contributed by atoms with Crippen LogP contribution in [0.1, 0.15) is 32.6 Å². The molecule has 7 nitrogen and oxygen atoms in total. The van der Waals surface area contributed by atoms with Crippen molar-refractivity contribution in [3.63, 3.8) is 0 Å². The number of esters is 1. The van der Waals surface area contributed by atoms with Crippen molar-refractivity contribution in [1.82, 2.24) is 0 Å². The molecule has 27 heavy (non-hydrogen) atoms. The van der Waals surface area contributed by atoms with Gasteiger partial charge in [0, 0.05) is 6.42 Å². The average Bonchev–Trinajstić information content (AvgIpc) is 2.60. The predicted molar refractivity (Wildman–Crippen MR) is 108 cm³/mol. The van der Waals surface area contributed by atoms with Crippen LogP contribution in [0.5, 0.6) is 0 Å². The Morgan fingerprint density at radius 1 is 0.667 bits per heavy atom. The topological polar surface area (TPSA) is 72.5 Å². The van der Waals surface area contributed by atoms with Gasteiger partial charge < -0.3 is 28.1 Å². The van der Waals surface area contributed by atoms with Crippen LogP contribution in [-0.4, -0.2) is 80.4 Å². The molecule has 0 saturated heterocycles.